The first-order valence-corrected chi connectivity index (χ1v) is 5.87. The molecule has 0 rings (SSSR count). The van der Waals surface area contributed by atoms with Gasteiger partial charge in [0.05, 0.1) is 13.0 Å². The summed E-state index contributed by atoms with van der Waals surface area (Å²) in [6, 6.07) is 0. The largest absolute Gasteiger partial charge is 0.467 e. The van der Waals surface area contributed by atoms with Gasteiger partial charge in [0.25, 0.3) is 0 Å². The number of rotatable bonds is 5. The average Bonchev–Trinajstić information content (AvgIpc) is 2.17. The lowest BCUT2D eigenvalue weighted by atomic mass is 9.88. The molecule has 0 aliphatic heterocycles. The predicted molar refractivity (Wildman–Crippen MR) is 59.6 cm³/mol. The summed E-state index contributed by atoms with van der Waals surface area (Å²) in [5.74, 6) is -0.846. The second kappa shape index (κ2) is 6.12. The summed E-state index contributed by atoms with van der Waals surface area (Å²) >= 11 is 1.11. The first-order valence-electron chi connectivity index (χ1n) is 4.89. The summed E-state index contributed by atoms with van der Waals surface area (Å²) in [5, 5.41) is 9.76. The van der Waals surface area contributed by atoms with Crippen molar-refractivity contribution in [3.63, 3.8) is 0 Å². The molecule has 0 saturated carbocycles. The van der Waals surface area contributed by atoms with Crippen LogP contribution in [0.2, 0.25) is 0 Å². The highest BCUT2D eigenvalue weighted by Crippen LogP contribution is 2.27. The quantitative estimate of drug-likeness (QED) is 0.724. The lowest BCUT2D eigenvalue weighted by molar-refractivity contribution is -0.167. The minimum atomic E-state index is -1.73. The van der Waals surface area contributed by atoms with E-state index in [1.165, 1.54) is 14.0 Å². The van der Waals surface area contributed by atoms with E-state index in [9.17, 15) is 14.7 Å². The highest BCUT2D eigenvalue weighted by Gasteiger charge is 2.43. The van der Waals surface area contributed by atoms with E-state index in [2.05, 4.69) is 4.74 Å². The third kappa shape index (κ3) is 3.50. The zero-order chi connectivity index (χ0) is 12.1. The Balaban J connectivity index is 4.79. The first-order chi connectivity index (χ1) is 6.91. The Bertz CT molecular complexity index is 238. The van der Waals surface area contributed by atoms with Gasteiger partial charge in [-0.25, -0.2) is 4.79 Å². The van der Waals surface area contributed by atoms with Crippen LogP contribution in [0.25, 0.3) is 0 Å². The number of ether oxygens (including phenoxy) is 1. The molecule has 2 atom stereocenters. The number of hydrogen-bond donors (Lipinski definition) is 1. The maximum Gasteiger partial charge on any atom is 0.338 e. The zero-order valence-corrected chi connectivity index (χ0v) is 10.4. The average molecular weight is 234 g/mol. The van der Waals surface area contributed by atoms with Crippen molar-refractivity contribution in [1.29, 1.82) is 0 Å². The summed E-state index contributed by atoms with van der Waals surface area (Å²) in [4.78, 5) is 22.9. The fraction of sp³-hybridized carbons (Fsp3) is 0.800. The van der Waals surface area contributed by atoms with Crippen molar-refractivity contribution in [1.82, 2.24) is 0 Å². The Morgan fingerprint density at radius 2 is 2.00 bits per heavy atom. The van der Waals surface area contributed by atoms with Gasteiger partial charge in [-0.05, 0) is 19.1 Å². The minimum absolute atomic E-state index is 0.171. The fourth-order valence-corrected chi connectivity index (χ4v) is 2.27. The van der Waals surface area contributed by atoms with E-state index < -0.39 is 17.5 Å². The van der Waals surface area contributed by atoms with Crippen LogP contribution < -0.4 is 0 Å². The first kappa shape index (κ1) is 14.5. The number of hydrogen-bond acceptors (Lipinski definition) is 5. The van der Waals surface area contributed by atoms with E-state index in [1.807, 2.05) is 6.92 Å². The van der Waals surface area contributed by atoms with Gasteiger partial charge in [0.15, 0.2) is 10.7 Å². The van der Waals surface area contributed by atoms with Crippen molar-refractivity contribution in [2.45, 2.75) is 32.8 Å². The molecular weight excluding hydrogens is 216 g/mol. The molecule has 88 valence electrons. The lowest BCUT2D eigenvalue weighted by Gasteiger charge is -2.27. The Kier molecular flexibility index (Phi) is 5.90. The number of esters is 1. The summed E-state index contributed by atoms with van der Waals surface area (Å²) in [5.41, 5.74) is -1.73. The van der Waals surface area contributed by atoms with E-state index in [0.717, 1.165) is 11.8 Å². The van der Waals surface area contributed by atoms with E-state index in [4.69, 9.17) is 0 Å². The van der Waals surface area contributed by atoms with Gasteiger partial charge in [0.1, 0.15) is 0 Å². The van der Waals surface area contributed by atoms with Gasteiger partial charge in [-0.15, -0.1) is 0 Å². The highest BCUT2D eigenvalue weighted by atomic mass is 32.2. The molecule has 0 aromatic heterocycles. The molecule has 1 N–H and O–H groups in total. The van der Waals surface area contributed by atoms with Gasteiger partial charge in [-0.3, -0.25) is 4.79 Å². The summed E-state index contributed by atoms with van der Waals surface area (Å²) in [7, 11) is 1.20. The fourth-order valence-electron chi connectivity index (χ4n) is 1.39. The summed E-state index contributed by atoms with van der Waals surface area (Å²) in [6.07, 6.45) is 0.411. The normalized spacial score (nSPS) is 16.6. The Morgan fingerprint density at radius 1 is 1.47 bits per heavy atom. The van der Waals surface area contributed by atoms with E-state index in [-0.39, 0.29) is 5.12 Å². The summed E-state index contributed by atoms with van der Waals surface area (Å²) in [6.45, 7) is 4.93. The van der Waals surface area contributed by atoms with Crippen molar-refractivity contribution in [2.75, 3.05) is 12.9 Å². The third-order valence-corrected chi connectivity index (χ3v) is 3.11. The Hall–Kier alpha value is -0.550. The molecule has 0 radical (unpaired) electrons. The molecule has 0 aliphatic carbocycles. The molecular formula is C10H18O4S. The van der Waals surface area contributed by atoms with Crippen molar-refractivity contribution in [3.05, 3.63) is 0 Å². The van der Waals surface area contributed by atoms with Crippen LogP contribution in [0, 0.1) is 5.92 Å². The highest BCUT2D eigenvalue weighted by molar-refractivity contribution is 8.13. The van der Waals surface area contributed by atoms with Crippen LogP contribution >= 0.6 is 11.8 Å². The van der Waals surface area contributed by atoms with Gasteiger partial charge in [0.2, 0.25) is 0 Å². The number of thioether (sulfide) groups is 1. The lowest BCUT2D eigenvalue weighted by Crippen LogP contribution is -2.46. The van der Waals surface area contributed by atoms with E-state index in [1.54, 1.807) is 6.92 Å². The van der Waals surface area contributed by atoms with Gasteiger partial charge < -0.3 is 9.84 Å². The molecule has 0 spiro atoms. The topological polar surface area (TPSA) is 63.6 Å². The van der Waals surface area contributed by atoms with Crippen molar-refractivity contribution >= 4 is 22.8 Å². The van der Waals surface area contributed by atoms with Gasteiger partial charge in [-0.1, -0.05) is 25.6 Å². The Labute approximate surface area is 94.4 Å². The summed E-state index contributed by atoms with van der Waals surface area (Å²) < 4.78 is 4.48. The van der Waals surface area contributed by atoms with Gasteiger partial charge in [-0.2, -0.15) is 0 Å². The van der Waals surface area contributed by atoms with Gasteiger partial charge >= 0.3 is 5.97 Å². The minimum Gasteiger partial charge on any atom is -0.467 e. The zero-order valence-electron chi connectivity index (χ0n) is 9.57. The second-order valence-electron chi connectivity index (χ2n) is 3.35. The molecule has 0 saturated heterocycles. The van der Waals surface area contributed by atoms with Crippen molar-refractivity contribution in [3.8, 4) is 0 Å². The second-order valence-corrected chi connectivity index (χ2v) is 4.62. The molecule has 0 amide bonds. The molecule has 0 aromatic rings. The molecule has 0 aromatic carbocycles. The maximum atomic E-state index is 11.6. The molecule has 0 unspecified atom stereocenters. The SMILES string of the molecule is CCSC(=O)[C@@H](CC)[C@](C)(O)C(=O)OC. The van der Waals surface area contributed by atoms with E-state index >= 15 is 0 Å². The van der Waals surface area contributed by atoms with Crippen LogP contribution in [0.3, 0.4) is 0 Å². The molecule has 15 heavy (non-hydrogen) atoms. The van der Waals surface area contributed by atoms with Crippen molar-refractivity contribution in [2.24, 2.45) is 5.92 Å². The molecule has 5 heteroatoms. The third-order valence-electron chi connectivity index (χ3n) is 2.26. The van der Waals surface area contributed by atoms with Crippen LogP contribution in [-0.2, 0) is 14.3 Å². The maximum absolute atomic E-state index is 11.6. The molecule has 0 bridgehead atoms. The molecule has 4 nitrogen and oxygen atoms in total. The van der Waals surface area contributed by atoms with Crippen LogP contribution in [-0.4, -0.2) is 34.7 Å². The number of carbonyl (C=O) groups is 2. The monoisotopic (exact) mass is 234 g/mol. The molecule has 0 aliphatic rings. The standard InChI is InChI=1S/C10H18O4S/c1-5-7(8(11)15-6-2)10(3,13)9(12)14-4/h7,13H,5-6H2,1-4H3/t7-,10+/m1/s1. The molecule has 0 heterocycles. The number of carbonyl (C=O) groups excluding carboxylic acids is 2. The van der Waals surface area contributed by atoms with E-state index in [0.29, 0.717) is 12.2 Å². The van der Waals surface area contributed by atoms with Crippen LogP contribution in [0.15, 0.2) is 0 Å². The number of aliphatic hydroxyl groups is 1. The molecule has 0 fully saturated rings. The van der Waals surface area contributed by atoms with Crippen LogP contribution in [0.5, 0.6) is 0 Å². The number of methoxy groups -OCH3 is 1. The Morgan fingerprint density at radius 3 is 2.33 bits per heavy atom. The van der Waals surface area contributed by atoms with Crippen LogP contribution in [0.4, 0.5) is 0 Å². The van der Waals surface area contributed by atoms with Crippen molar-refractivity contribution < 1.29 is 19.4 Å². The van der Waals surface area contributed by atoms with Crippen LogP contribution in [0.1, 0.15) is 27.2 Å². The van der Waals surface area contributed by atoms with Gasteiger partial charge in [0, 0.05) is 0 Å². The predicted octanol–water partition coefficient (Wildman–Crippen LogP) is 1.22. The smallest absolute Gasteiger partial charge is 0.338 e.